The number of hydrogen-bond donors (Lipinski definition) is 2. The minimum Gasteiger partial charge on any atom is -0.459 e. The number of nitrogens with one attached hydrogen (secondary N) is 2. The van der Waals surface area contributed by atoms with Crippen LogP contribution >= 0.6 is 11.6 Å². The van der Waals surface area contributed by atoms with Gasteiger partial charge in [-0.25, -0.2) is 4.79 Å². The van der Waals surface area contributed by atoms with Crippen molar-refractivity contribution in [2.75, 3.05) is 10.6 Å². The summed E-state index contributed by atoms with van der Waals surface area (Å²) in [6, 6.07) is 16.1. The number of esters is 1. The van der Waals surface area contributed by atoms with Crippen molar-refractivity contribution in [3.63, 3.8) is 0 Å². The van der Waals surface area contributed by atoms with Crippen molar-refractivity contribution in [1.29, 1.82) is 0 Å². The van der Waals surface area contributed by atoms with Crippen LogP contribution in [0.15, 0.2) is 71.3 Å². The molecule has 0 radical (unpaired) electrons. The largest absolute Gasteiger partial charge is 0.459 e. The van der Waals surface area contributed by atoms with Gasteiger partial charge in [0.05, 0.1) is 28.2 Å². The Morgan fingerprint density at radius 2 is 1.62 bits per heavy atom. The molecular formula is C21H17ClN2O5. The molecule has 0 unspecified atom stereocenters. The van der Waals surface area contributed by atoms with E-state index in [-0.39, 0.29) is 17.0 Å². The Hall–Kier alpha value is -3.58. The van der Waals surface area contributed by atoms with E-state index >= 15 is 0 Å². The van der Waals surface area contributed by atoms with E-state index in [1.807, 2.05) is 0 Å². The van der Waals surface area contributed by atoms with E-state index in [4.69, 9.17) is 20.8 Å². The zero-order chi connectivity index (χ0) is 20.8. The number of carbonyl (C=O) groups excluding carboxylic acids is 3. The Labute approximate surface area is 171 Å². The number of anilines is 2. The van der Waals surface area contributed by atoms with Crippen LogP contribution in [0.3, 0.4) is 0 Å². The average Bonchev–Trinajstić information content (AvgIpc) is 3.25. The molecule has 0 aliphatic heterocycles. The van der Waals surface area contributed by atoms with Crippen LogP contribution < -0.4 is 10.6 Å². The lowest BCUT2D eigenvalue weighted by molar-refractivity contribution is -0.123. The molecule has 3 rings (SSSR count). The van der Waals surface area contributed by atoms with Crippen molar-refractivity contribution in [3.8, 4) is 0 Å². The Kier molecular flexibility index (Phi) is 6.31. The maximum absolute atomic E-state index is 12.6. The number of amides is 2. The molecular weight excluding hydrogens is 396 g/mol. The maximum atomic E-state index is 12.6. The molecule has 3 aromatic rings. The fourth-order valence-corrected chi connectivity index (χ4v) is 2.62. The first kappa shape index (κ1) is 20.2. The third kappa shape index (κ3) is 5.03. The number of furan rings is 1. The molecule has 0 fully saturated rings. The molecule has 1 atom stereocenters. The summed E-state index contributed by atoms with van der Waals surface area (Å²) in [6.07, 6.45) is 0.279. The van der Waals surface area contributed by atoms with Gasteiger partial charge < -0.3 is 19.8 Å². The molecule has 1 aromatic heterocycles. The monoisotopic (exact) mass is 412 g/mol. The molecule has 148 valence electrons. The van der Waals surface area contributed by atoms with Crippen LogP contribution in [-0.2, 0) is 9.53 Å². The first-order valence-corrected chi connectivity index (χ1v) is 9.04. The van der Waals surface area contributed by atoms with Crippen molar-refractivity contribution in [3.05, 3.63) is 83.3 Å². The number of ether oxygens (including phenoxy) is 1. The predicted molar refractivity (Wildman–Crippen MR) is 108 cm³/mol. The molecule has 0 saturated heterocycles. The minimum atomic E-state index is -1.09. The SMILES string of the molecule is C[C@@H](OC(=O)c1ccccc1NC(=O)c1ccco1)C(=O)Nc1ccccc1Cl. The molecule has 0 bridgehead atoms. The van der Waals surface area contributed by atoms with Crippen molar-refractivity contribution < 1.29 is 23.5 Å². The van der Waals surface area contributed by atoms with Gasteiger partial charge in [0.25, 0.3) is 11.8 Å². The highest BCUT2D eigenvalue weighted by Gasteiger charge is 2.22. The Morgan fingerprint density at radius 1 is 0.931 bits per heavy atom. The molecule has 2 amide bonds. The molecule has 0 spiro atoms. The summed E-state index contributed by atoms with van der Waals surface area (Å²) < 4.78 is 10.3. The van der Waals surface area contributed by atoms with Crippen LogP contribution in [-0.4, -0.2) is 23.9 Å². The maximum Gasteiger partial charge on any atom is 0.341 e. The summed E-state index contributed by atoms with van der Waals surface area (Å²) in [7, 11) is 0. The van der Waals surface area contributed by atoms with Gasteiger partial charge in [-0.1, -0.05) is 35.9 Å². The lowest BCUT2D eigenvalue weighted by atomic mass is 10.1. The molecule has 2 aromatic carbocycles. The van der Waals surface area contributed by atoms with Crippen LogP contribution in [0.1, 0.15) is 27.8 Å². The first-order chi connectivity index (χ1) is 14.0. The predicted octanol–water partition coefficient (Wildman–Crippen LogP) is 4.37. The first-order valence-electron chi connectivity index (χ1n) is 8.66. The van der Waals surface area contributed by atoms with E-state index < -0.39 is 23.9 Å². The molecule has 29 heavy (non-hydrogen) atoms. The molecule has 7 nitrogen and oxygen atoms in total. The van der Waals surface area contributed by atoms with Gasteiger partial charge in [-0.15, -0.1) is 0 Å². The highest BCUT2D eigenvalue weighted by atomic mass is 35.5. The Bertz CT molecular complexity index is 1030. The molecule has 0 saturated carbocycles. The topological polar surface area (TPSA) is 97.6 Å². The number of benzene rings is 2. The van der Waals surface area contributed by atoms with Crippen LogP contribution in [0.5, 0.6) is 0 Å². The number of rotatable bonds is 6. The van der Waals surface area contributed by atoms with E-state index in [9.17, 15) is 14.4 Å². The third-order valence-corrected chi connectivity index (χ3v) is 4.25. The second-order valence-electron chi connectivity index (χ2n) is 5.99. The smallest absolute Gasteiger partial charge is 0.341 e. The summed E-state index contributed by atoms with van der Waals surface area (Å²) in [6.45, 7) is 1.44. The van der Waals surface area contributed by atoms with Crippen LogP contribution in [0, 0.1) is 0 Å². The van der Waals surface area contributed by atoms with Gasteiger partial charge in [0.2, 0.25) is 0 Å². The normalized spacial score (nSPS) is 11.4. The van der Waals surface area contributed by atoms with E-state index in [1.54, 1.807) is 48.5 Å². The van der Waals surface area contributed by atoms with Crippen LogP contribution in [0.25, 0.3) is 0 Å². The van der Waals surface area contributed by atoms with Gasteiger partial charge in [-0.3, -0.25) is 9.59 Å². The molecule has 1 heterocycles. The standard InChI is InChI=1S/C21H17ClN2O5/c1-13(19(25)24-17-10-5-3-8-15(17)22)29-21(27)14-7-2-4-9-16(14)23-20(26)18-11-6-12-28-18/h2-13H,1H3,(H,23,26)(H,24,25)/t13-/m1/s1. The van der Waals surface area contributed by atoms with Gasteiger partial charge in [-0.05, 0) is 43.3 Å². The zero-order valence-corrected chi connectivity index (χ0v) is 16.1. The van der Waals surface area contributed by atoms with Gasteiger partial charge >= 0.3 is 5.97 Å². The second-order valence-corrected chi connectivity index (χ2v) is 6.40. The molecule has 8 heteroatoms. The Balaban J connectivity index is 1.68. The molecule has 2 N–H and O–H groups in total. The van der Waals surface area contributed by atoms with Crippen LogP contribution in [0.2, 0.25) is 5.02 Å². The third-order valence-electron chi connectivity index (χ3n) is 3.92. The van der Waals surface area contributed by atoms with E-state index in [1.165, 1.54) is 25.3 Å². The lowest BCUT2D eigenvalue weighted by Gasteiger charge is -2.15. The second kappa shape index (κ2) is 9.07. The van der Waals surface area contributed by atoms with Crippen LogP contribution in [0.4, 0.5) is 11.4 Å². The van der Waals surface area contributed by atoms with Crippen molar-refractivity contribution in [2.45, 2.75) is 13.0 Å². The summed E-state index contributed by atoms with van der Waals surface area (Å²) in [5.74, 6) is -1.72. The summed E-state index contributed by atoms with van der Waals surface area (Å²) in [4.78, 5) is 37.1. The van der Waals surface area contributed by atoms with Crippen molar-refractivity contribution >= 4 is 40.8 Å². The van der Waals surface area contributed by atoms with Crippen molar-refractivity contribution in [1.82, 2.24) is 0 Å². The average molecular weight is 413 g/mol. The quantitative estimate of drug-likeness (QED) is 0.586. The highest BCUT2D eigenvalue weighted by molar-refractivity contribution is 6.33. The van der Waals surface area contributed by atoms with Gasteiger partial charge in [0, 0.05) is 0 Å². The molecule has 0 aliphatic rings. The number of para-hydroxylation sites is 2. The summed E-state index contributed by atoms with van der Waals surface area (Å²) >= 11 is 6.02. The van der Waals surface area contributed by atoms with Crippen molar-refractivity contribution in [2.24, 2.45) is 0 Å². The molecule has 0 aliphatic carbocycles. The van der Waals surface area contributed by atoms with E-state index in [0.717, 1.165) is 0 Å². The fraction of sp³-hybridized carbons (Fsp3) is 0.0952. The van der Waals surface area contributed by atoms with Gasteiger partial charge in [0.1, 0.15) is 0 Å². The summed E-state index contributed by atoms with van der Waals surface area (Å²) in [5.41, 5.74) is 0.746. The number of hydrogen-bond acceptors (Lipinski definition) is 5. The van der Waals surface area contributed by atoms with E-state index in [0.29, 0.717) is 10.7 Å². The fourth-order valence-electron chi connectivity index (χ4n) is 2.44. The highest BCUT2D eigenvalue weighted by Crippen LogP contribution is 2.22. The van der Waals surface area contributed by atoms with Gasteiger partial charge in [-0.2, -0.15) is 0 Å². The minimum absolute atomic E-state index is 0.0978. The Morgan fingerprint density at radius 3 is 2.31 bits per heavy atom. The van der Waals surface area contributed by atoms with Gasteiger partial charge in [0.15, 0.2) is 11.9 Å². The van der Waals surface area contributed by atoms with E-state index in [2.05, 4.69) is 10.6 Å². The number of carbonyl (C=O) groups is 3. The number of halogens is 1. The lowest BCUT2D eigenvalue weighted by Crippen LogP contribution is -2.30. The zero-order valence-electron chi connectivity index (χ0n) is 15.3. The summed E-state index contributed by atoms with van der Waals surface area (Å²) in [5, 5.41) is 5.56.